The second-order valence-electron chi connectivity index (χ2n) is 2.05. The van der Waals surface area contributed by atoms with Crippen molar-refractivity contribution >= 4 is 17.9 Å². The van der Waals surface area contributed by atoms with E-state index >= 15 is 0 Å². The zero-order valence-corrected chi connectivity index (χ0v) is 8.33. The van der Waals surface area contributed by atoms with Crippen molar-refractivity contribution in [1.82, 2.24) is 0 Å². The van der Waals surface area contributed by atoms with Gasteiger partial charge in [-0.3, -0.25) is 9.59 Å². The maximum Gasteiger partial charge on any atom is 0.333 e. The van der Waals surface area contributed by atoms with Crippen LogP contribution in [0, 0.1) is 0 Å². The Morgan fingerprint density at radius 1 is 1.07 bits per heavy atom. The Balaban J connectivity index is -0.000000208. The van der Waals surface area contributed by atoms with Crippen LogP contribution in [0.15, 0.2) is 0 Å². The van der Waals surface area contributed by atoms with Gasteiger partial charge in [-0.1, -0.05) is 0 Å². The molecule has 1 atom stereocenters. The van der Waals surface area contributed by atoms with E-state index in [9.17, 15) is 14.4 Å². The minimum Gasteiger partial charge on any atom is -0.481 e. The van der Waals surface area contributed by atoms with Gasteiger partial charge in [0.25, 0.3) is 0 Å². The molecule has 0 aliphatic carbocycles. The van der Waals surface area contributed by atoms with E-state index in [4.69, 9.17) is 20.4 Å². The Labute approximate surface area is 95.2 Å². The monoisotopic (exact) mass is 272 g/mol. The Hall–Kier alpha value is -1.15. The molecule has 0 amide bonds. The summed E-state index contributed by atoms with van der Waals surface area (Å²) in [4.78, 5) is 28.7. The van der Waals surface area contributed by atoms with Crippen molar-refractivity contribution in [2.24, 2.45) is 5.73 Å². The van der Waals surface area contributed by atoms with E-state index in [-0.39, 0.29) is 23.6 Å². The van der Waals surface area contributed by atoms with Crippen molar-refractivity contribution in [2.75, 3.05) is 6.54 Å². The van der Waals surface area contributed by atoms with Crippen LogP contribution in [-0.4, -0.2) is 51.0 Å². The molecule has 15 heavy (non-hydrogen) atoms. The van der Waals surface area contributed by atoms with Crippen LogP contribution in [0.4, 0.5) is 0 Å². The molecule has 1 unspecified atom stereocenters. The van der Waals surface area contributed by atoms with Crippen LogP contribution < -0.4 is 5.73 Å². The molecule has 0 aromatic heterocycles. The third kappa shape index (κ3) is 19.3. The van der Waals surface area contributed by atoms with Crippen molar-refractivity contribution in [2.45, 2.75) is 12.5 Å². The SMILES string of the molecule is NCC(=O)O.O=C(O)CC(O)C(=O)O.[Cu]. The molecule has 0 aliphatic heterocycles. The molecule has 0 rings (SSSR count). The zero-order chi connectivity index (χ0) is 11.7. The van der Waals surface area contributed by atoms with Crippen molar-refractivity contribution in [1.29, 1.82) is 0 Å². The van der Waals surface area contributed by atoms with Crippen molar-refractivity contribution in [3.63, 3.8) is 0 Å². The van der Waals surface area contributed by atoms with Crippen molar-refractivity contribution in [3.05, 3.63) is 0 Å². The number of hydrogen-bond acceptors (Lipinski definition) is 5. The molecule has 93 valence electrons. The Kier molecular flexibility index (Phi) is 14.2. The fourth-order valence-corrected chi connectivity index (χ4v) is 0.253. The molecule has 8 nitrogen and oxygen atoms in total. The number of carboxylic acids is 3. The van der Waals surface area contributed by atoms with Crippen LogP contribution in [0.25, 0.3) is 0 Å². The predicted octanol–water partition coefficient (Wildman–Crippen LogP) is -2.07. The first-order valence-corrected chi connectivity index (χ1v) is 3.35. The van der Waals surface area contributed by atoms with E-state index in [1.807, 2.05) is 0 Å². The summed E-state index contributed by atoms with van der Waals surface area (Å²) in [5.41, 5.74) is 4.57. The molecule has 9 heteroatoms. The molecule has 0 heterocycles. The fourth-order valence-electron chi connectivity index (χ4n) is 0.253. The van der Waals surface area contributed by atoms with Gasteiger partial charge in [-0.2, -0.15) is 0 Å². The van der Waals surface area contributed by atoms with E-state index in [0.717, 1.165) is 0 Å². The second kappa shape index (κ2) is 10.9. The summed E-state index contributed by atoms with van der Waals surface area (Å²) in [6, 6.07) is 0. The number of rotatable bonds is 4. The van der Waals surface area contributed by atoms with Crippen LogP contribution in [-0.2, 0) is 31.5 Å². The second-order valence-corrected chi connectivity index (χ2v) is 2.05. The van der Waals surface area contributed by atoms with Gasteiger partial charge < -0.3 is 26.2 Å². The summed E-state index contributed by atoms with van der Waals surface area (Å²) in [6.45, 7) is -0.278. The van der Waals surface area contributed by atoms with Gasteiger partial charge >= 0.3 is 17.9 Å². The predicted molar refractivity (Wildman–Crippen MR) is 42.6 cm³/mol. The van der Waals surface area contributed by atoms with Crippen LogP contribution in [0.3, 0.4) is 0 Å². The van der Waals surface area contributed by atoms with E-state index < -0.39 is 30.4 Å². The van der Waals surface area contributed by atoms with Crippen LogP contribution >= 0.6 is 0 Å². The Morgan fingerprint density at radius 2 is 1.40 bits per heavy atom. The normalized spacial score (nSPS) is 10.0. The average Bonchev–Trinajstić information content (AvgIpc) is 2.04. The average molecular weight is 273 g/mol. The molecule has 0 aliphatic rings. The third-order valence-corrected chi connectivity index (χ3v) is 0.828. The number of carbonyl (C=O) groups is 3. The van der Waals surface area contributed by atoms with Crippen molar-refractivity contribution in [3.8, 4) is 0 Å². The Morgan fingerprint density at radius 3 is 1.47 bits per heavy atom. The number of aliphatic carboxylic acids is 3. The van der Waals surface area contributed by atoms with Gasteiger partial charge in [0.1, 0.15) is 0 Å². The van der Waals surface area contributed by atoms with Crippen LogP contribution in [0.2, 0.25) is 0 Å². The zero-order valence-electron chi connectivity index (χ0n) is 7.38. The largest absolute Gasteiger partial charge is 0.481 e. The van der Waals surface area contributed by atoms with Gasteiger partial charge in [0.2, 0.25) is 0 Å². The molecule has 0 aromatic carbocycles. The summed E-state index contributed by atoms with van der Waals surface area (Å²) in [5, 5.41) is 31.7. The Bertz CT molecular complexity index is 220. The summed E-state index contributed by atoms with van der Waals surface area (Å²) in [7, 11) is 0. The van der Waals surface area contributed by atoms with Gasteiger partial charge in [0.15, 0.2) is 6.10 Å². The molecule has 0 saturated heterocycles. The molecule has 6 N–H and O–H groups in total. The van der Waals surface area contributed by atoms with Gasteiger partial charge in [-0.05, 0) is 0 Å². The van der Waals surface area contributed by atoms with E-state index in [2.05, 4.69) is 5.73 Å². The standard InChI is InChI=1S/C4H6O5.C2H5NO2.Cu/c5-2(4(8)9)1-3(6)7;3-1-2(4)5;/h2,5H,1H2,(H,6,7)(H,8,9);1,3H2,(H,4,5);. The van der Waals surface area contributed by atoms with E-state index in [0.29, 0.717) is 0 Å². The van der Waals surface area contributed by atoms with Crippen LogP contribution in [0.5, 0.6) is 0 Å². The maximum atomic E-state index is 9.72. The summed E-state index contributed by atoms with van der Waals surface area (Å²) >= 11 is 0. The first kappa shape index (κ1) is 19.4. The smallest absolute Gasteiger partial charge is 0.333 e. The molecule has 0 bridgehead atoms. The minimum absolute atomic E-state index is 0. The number of nitrogens with two attached hydrogens (primary N) is 1. The molecule has 0 fully saturated rings. The number of aliphatic hydroxyl groups is 1. The first-order valence-electron chi connectivity index (χ1n) is 3.35. The molecule has 1 radical (unpaired) electrons. The van der Waals surface area contributed by atoms with E-state index in [1.54, 1.807) is 0 Å². The summed E-state index contributed by atoms with van der Waals surface area (Å²) in [6.07, 6.45) is -2.54. The third-order valence-electron chi connectivity index (χ3n) is 0.828. The summed E-state index contributed by atoms with van der Waals surface area (Å²) < 4.78 is 0. The molecule has 0 spiro atoms. The fraction of sp³-hybridized carbons (Fsp3) is 0.500. The molecular formula is C6H11CuNO7. The van der Waals surface area contributed by atoms with Gasteiger partial charge in [-0.15, -0.1) is 0 Å². The minimum atomic E-state index is -1.79. The topological polar surface area (TPSA) is 158 Å². The van der Waals surface area contributed by atoms with Crippen molar-refractivity contribution < 1.29 is 51.9 Å². The summed E-state index contributed by atoms with van der Waals surface area (Å²) in [5.74, 6) is -3.81. The molecule has 0 saturated carbocycles. The number of carboxylic acid groups (broad SMARTS) is 3. The quantitative estimate of drug-likeness (QED) is 0.365. The number of aliphatic hydroxyl groups excluding tert-OH is 1. The number of hydrogen-bond donors (Lipinski definition) is 5. The first-order chi connectivity index (χ1) is 6.31. The maximum absolute atomic E-state index is 9.72. The molecule has 0 aromatic rings. The van der Waals surface area contributed by atoms with Crippen LogP contribution in [0.1, 0.15) is 6.42 Å². The van der Waals surface area contributed by atoms with Gasteiger partial charge in [0.05, 0.1) is 13.0 Å². The van der Waals surface area contributed by atoms with E-state index in [1.165, 1.54) is 0 Å². The molecular weight excluding hydrogens is 262 g/mol. The van der Waals surface area contributed by atoms with Gasteiger partial charge in [-0.25, -0.2) is 4.79 Å². The van der Waals surface area contributed by atoms with Gasteiger partial charge in [0, 0.05) is 17.1 Å².